The molecule has 0 radical (unpaired) electrons. The topological polar surface area (TPSA) is 29.1 Å². The quantitative estimate of drug-likeness (QED) is 0.845. The van der Waals surface area contributed by atoms with Gasteiger partial charge in [0.25, 0.3) is 5.91 Å². The Kier molecular flexibility index (Phi) is 4.31. The Bertz CT molecular complexity index is 692. The summed E-state index contributed by atoms with van der Waals surface area (Å²) in [6.45, 7) is 0. The van der Waals surface area contributed by atoms with Crippen LogP contribution in [0.5, 0.6) is 0 Å². The van der Waals surface area contributed by atoms with Crippen molar-refractivity contribution in [1.29, 1.82) is 0 Å². The molecule has 1 unspecified atom stereocenters. The Labute approximate surface area is 135 Å². The number of nitrogens with one attached hydrogen (secondary N) is 1. The number of thioether (sulfide) groups is 1. The highest BCUT2D eigenvalue weighted by Crippen LogP contribution is 2.35. The summed E-state index contributed by atoms with van der Waals surface area (Å²) in [6.07, 6.45) is 0.881. The molecule has 2 nitrogen and oxygen atoms in total. The molecule has 0 bridgehead atoms. The predicted octanol–water partition coefficient (Wildman–Crippen LogP) is 4.56. The summed E-state index contributed by atoms with van der Waals surface area (Å²) in [7, 11) is 0. The van der Waals surface area contributed by atoms with E-state index in [0.29, 0.717) is 10.0 Å². The second-order valence-electron chi connectivity index (χ2n) is 4.83. The zero-order valence-electron chi connectivity index (χ0n) is 11.1. The molecule has 0 spiro atoms. The lowest BCUT2D eigenvalue weighted by Gasteiger charge is -2.25. The van der Waals surface area contributed by atoms with Crippen LogP contribution in [0.3, 0.4) is 0 Å². The lowest BCUT2D eigenvalue weighted by atomic mass is 10.0. The minimum Gasteiger partial charge on any atom is -0.345 e. The van der Waals surface area contributed by atoms with Crippen LogP contribution in [-0.4, -0.2) is 11.7 Å². The average molecular weight is 366 g/mol. The van der Waals surface area contributed by atoms with Gasteiger partial charge >= 0.3 is 0 Å². The van der Waals surface area contributed by atoms with Crippen LogP contribution in [0.1, 0.15) is 28.4 Å². The first kappa shape index (κ1) is 14.6. The summed E-state index contributed by atoms with van der Waals surface area (Å²) in [5, 5.41) is 3.00. The van der Waals surface area contributed by atoms with E-state index in [1.54, 1.807) is 23.9 Å². The third kappa shape index (κ3) is 3.14. The van der Waals surface area contributed by atoms with Crippen molar-refractivity contribution in [3.05, 3.63) is 63.9 Å². The first-order chi connectivity index (χ1) is 10.1. The number of carbonyl (C=O) groups is 1. The fourth-order valence-corrected chi connectivity index (χ4v) is 3.74. The van der Waals surface area contributed by atoms with Gasteiger partial charge in [0.15, 0.2) is 0 Å². The van der Waals surface area contributed by atoms with Crippen LogP contribution >= 0.6 is 27.7 Å². The SMILES string of the molecule is O=C(NC1CCSc2ccccc21)c1ccc(Br)c(F)c1. The molecular weight excluding hydrogens is 353 g/mol. The van der Waals surface area contributed by atoms with E-state index in [4.69, 9.17) is 0 Å². The van der Waals surface area contributed by atoms with Crippen LogP contribution in [0, 0.1) is 5.82 Å². The Balaban J connectivity index is 1.81. The monoisotopic (exact) mass is 365 g/mol. The first-order valence-electron chi connectivity index (χ1n) is 6.63. The van der Waals surface area contributed by atoms with E-state index < -0.39 is 5.82 Å². The number of hydrogen-bond acceptors (Lipinski definition) is 2. The molecule has 1 aliphatic heterocycles. The number of halogens is 2. The van der Waals surface area contributed by atoms with Crippen LogP contribution in [0.25, 0.3) is 0 Å². The van der Waals surface area contributed by atoms with Gasteiger partial charge in [-0.3, -0.25) is 4.79 Å². The van der Waals surface area contributed by atoms with Gasteiger partial charge in [0, 0.05) is 16.2 Å². The largest absolute Gasteiger partial charge is 0.345 e. The van der Waals surface area contributed by atoms with Crippen molar-refractivity contribution in [2.75, 3.05) is 5.75 Å². The van der Waals surface area contributed by atoms with Crippen molar-refractivity contribution in [1.82, 2.24) is 5.32 Å². The van der Waals surface area contributed by atoms with E-state index in [9.17, 15) is 9.18 Å². The fourth-order valence-electron chi connectivity index (χ4n) is 2.37. The first-order valence-corrected chi connectivity index (χ1v) is 8.40. The highest BCUT2D eigenvalue weighted by atomic mass is 79.9. The number of amides is 1. The molecule has 1 amide bonds. The van der Waals surface area contributed by atoms with Gasteiger partial charge in [0.05, 0.1) is 10.5 Å². The minimum absolute atomic E-state index is 0.0124. The third-order valence-corrected chi connectivity index (χ3v) is 5.21. The second-order valence-corrected chi connectivity index (χ2v) is 6.82. The number of rotatable bonds is 2. The van der Waals surface area contributed by atoms with Gasteiger partial charge in [-0.2, -0.15) is 0 Å². The van der Waals surface area contributed by atoms with Gasteiger partial charge in [-0.15, -0.1) is 11.8 Å². The maximum absolute atomic E-state index is 13.5. The van der Waals surface area contributed by atoms with Gasteiger partial charge in [0.2, 0.25) is 0 Å². The van der Waals surface area contributed by atoms with Gasteiger partial charge in [-0.25, -0.2) is 4.39 Å². The molecule has 0 aliphatic carbocycles. The Morgan fingerprint density at radius 2 is 2.10 bits per heavy atom. The van der Waals surface area contributed by atoms with Crippen molar-refractivity contribution < 1.29 is 9.18 Å². The summed E-state index contributed by atoms with van der Waals surface area (Å²) >= 11 is 4.89. The molecule has 0 aromatic heterocycles. The molecule has 0 fully saturated rings. The molecule has 1 atom stereocenters. The normalized spacial score (nSPS) is 17.1. The summed E-state index contributed by atoms with van der Waals surface area (Å²) in [4.78, 5) is 13.5. The maximum Gasteiger partial charge on any atom is 0.251 e. The molecular formula is C16H13BrFNOS. The van der Waals surface area contributed by atoms with Gasteiger partial charge < -0.3 is 5.32 Å². The molecule has 1 N–H and O–H groups in total. The molecule has 108 valence electrons. The molecule has 21 heavy (non-hydrogen) atoms. The third-order valence-electron chi connectivity index (χ3n) is 3.45. The number of hydrogen-bond donors (Lipinski definition) is 1. The van der Waals surface area contributed by atoms with Crippen LogP contribution in [-0.2, 0) is 0 Å². The molecule has 1 aliphatic rings. The minimum atomic E-state index is -0.428. The molecule has 3 rings (SSSR count). The van der Waals surface area contributed by atoms with E-state index >= 15 is 0 Å². The predicted molar refractivity (Wildman–Crippen MR) is 86.1 cm³/mol. The lowest BCUT2D eigenvalue weighted by Crippen LogP contribution is -2.30. The maximum atomic E-state index is 13.5. The Hall–Kier alpha value is -1.33. The smallest absolute Gasteiger partial charge is 0.251 e. The van der Waals surface area contributed by atoms with Crippen molar-refractivity contribution in [2.24, 2.45) is 0 Å². The number of benzene rings is 2. The molecule has 0 saturated carbocycles. The zero-order chi connectivity index (χ0) is 14.8. The molecule has 1 heterocycles. The van der Waals surface area contributed by atoms with Crippen LogP contribution in [0.4, 0.5) is 4.39 Å². The standard InChI is InChI=1S/C16H13BrFNOS/c17-12-6-5-10(9-13(12)18)16(20)19-14-7-8-21-15-4-2-1-3-11(14)15/h1-6,9,14H,7-8H2,(H,19,20). The summed E-state index contributed by atoms with van der Waals surface area (Å²) in [5.74, 6) is 0.298. The van der Waals surface area contributed by atoms with Crippen LogP contribution < -0.4 is 5.32 Å². The second kappa shape index (κ2) is 6.20. The Morgan fingerprint density at radius 3 is 2.90 bits per heavy atom. The fraction of sp³-hybridized carbons (Fsp3) is 0.188. The van der Waals surface area contributed by atoms with Gasteiger partial charge in [0.1, 0.15) is 5.82 Å². The lowest BCUT2D eigenvalue weighted by molar-refractivity contribution is 0.0934. The Morgan fingerprint density at radius 1 is 1.29 bits per heavy atom. The number of carbonyl (C=O) groups excluding carboxylic acids is 1. The van der Waals surface area contributed by atoms with Crippen molar-refractivity contribution in [2.45, 2.75) is 17.4 Å². The van der Waals surface area contributed by atoms with E-state index in [0.717, 1.165) is 17.7 Å². The van der Waals surface area contributed by atoms with E-state index in [2.05, 4.69) is 27.3 Å². The van der Waals surface area contributed by atoms with Gasteiger partial charge in [-0.1, -0.05) is 18.2 Å². The van der Waals surface area contributed by atoms with Crippen molar-refractivity contribution in [3.63, 3.8) is 0 Å². The average Bonchev–Trinajstić information content (AvgIpc) is 2.50. The summed E-state index contributed by atoms with van der Waals surface area (Å²) in [6, 6.07) is 12.5. The summed E-state index contributed by atoms with van der Waals surface area (Å²) < 4.78 is 13.9. The van der Waals surface area contributed by atoms with E-state index in [1.165, 1.54) is 11.0 Å². The zero-order valence-corrected chi connectivity index (χ0v) is 13.5. The highest BCUT2D eigenvalue weighted by Gasteiger charge is 2.22. The van der Waals surface area contributed by atoms with E-state index in [1.807, 2.05) is 18.2 Å². The number of fused-ring (bicyclic) bond motifs is 1. The van der Waals surface area contributed by atoms with Crippen molar-refractivity contribution >= 4 is 33.6 Å². The molecule has 2 aromatic carbocycles. The van der Waals surface area contributed by atoms with Crippen molar-refractivity contribution in [3.8, 4) is 0 Å². The van der Waals surface area contributed by atoms with Crippen LogP contribution in [0.15, 0.2) is 51.8 Å². The highest BCUT2D eigenvalue weighted by molar-refractivity contribution is 9.10. The van der Waals surface area contributed by atoms with Crippen LogP contribution in [0.2, 0.25) is 0 Å². The summed E-state index contributed by atoms with van der Waals surface area (Å²) in [5.41, 5.74) is 1.48. The van der Waals surface area contributed by atoms with E-state index in [-0.39, 0.29) is 11.9 Å². The van der Waals surface area contributed by atoms with Gasteiger partial charge in [-0.05, 0) is 52.2 Å². The molecule has 2 aromatic rings. The molecule has 0 saturated heterocycles. The molecule has 5 heteroatoms.